The molecule has 0 aliphatic carbocycles. The number of likely N-dealkylation sites (tertiary alicyclic amines) is 1. The van der Waals surface area contributed by atoms with Gasteiger partial charge in [-0.2, -0.15) is 0 Å². The third-order valence-corrected chi connectivity index (χ3v) is 3.96. The number of hydrogen-bond donors (Lipinski definition) is 1. The average molecular weight is 211 g/mol. The van der Waals surface area contributed by atoms with Gasteiger partial charge in [0.1, 0.15) is 0 Å². The molecular weight excluding hydrogens is 186 g/mol. The summed E-state index contributed by atoms with van der Waals surface area (Å²) in [6.07, 6.45) is 1.38. The van der Waals surface area contributed by atoms with Gasteiger partial charge in [0.05, 0.1) is 0 Å². The molecule has 0 saturated carbocycles. The third-order valence-electron chi connectivity index (χ3n) is 3.96. The molecule has 2 heterocycles. The van der Waals surface area contributed by atoms with Crippen molar-refractivity contribution in [3.63, 3.8) is 0 Å². The molecule has 1 N–H and O–H groups in total. The molecular formula is C12H25N3. The first kappa shape index (κ1) is 11.4. The van der Waals surface area contributed by atoms with Crippen molar-refractivity contribution in [1.82, 2.24) is 15.1 Å². The van der Waals surface area contributed by atoms with Gasteiger partial charge in [-0.05, 0) is 32.0 Å². The van der Waals surface area contributed by atoms with Gasteiger partial charge in [0, 0.05) is 32.2 Å². The fourth-order valence-corrected chi connectivity index (χ4v) is 2.86. The molecule has 15 heavy (non-hydrogen) atoms. The number of nitrogens with zero attached hydrogens (tertiary/aromatic N) is 2. The number of hydrogen-bond acceptors (Lipinski definition) is 3. The van der Waals surface area contributed by atoms with Crippen LogP contribution in [0.3, 0.4) is 0 Å². The standard InChI is InChI=1S/C12H25N3/c1-3-15(4-2)12-5-6-14(10-12)9-11-7-13-8-11/h11-13H,3-10H2,1-2H3. The van der Waals surface area contributed by atoms with Crippen molar-refractivity contribution >= 4 is 0 Å². The molecule has 0 radical (unpaired) electrons. The zero-order valence-corrected chi connectivity index (χ0v) is 10.2. The maximum absolute atomic E-state index is 3.35. The van der Waals surface area contributed by atoms with E-state index in [1.165, 1.54) is 52.2 Å². The second-order valence-corrected chi connectivity index (χ2v) is 4.95. The van der Waals surface area contributed by atoms with E-state index in [9.17, 15) is 0 Å². The van der Waals surface area contributed by atoms with E-state index in [-0.39, 0.29) is 0 Å². The molecule has 2 saturated heterocycles. The second kappa shape index (κ2) is 5.28. The van der Waals surface area contributed by atoms with E-state index in [4.69, 9.17) is 0 Å². The van der Waals surface area contributed by atoms with Gasteiger partial charge in [-0.15, -0.1) is 0 Å². The molecule has 0 aromatic heterocycles. The lowest BCUT2D eigenvalue weighted by Gasteiger charge is -2.32. The molecule has 88 valence electrons. The van der Waals surface area contributed by atoms with Gasteiger partial charge in [0.15, 0.2) is 0 Å². The number of likely N-dealkylation sites (N-methyl/N-ethyl adjacent to an activating group) is 1. The van der Waals surface area contributed by atoms with Gasteiger partial charge in [0.2, 0.25) is 0 Å². The number of rotatable bonds is 5. The summed E-state index contributed by atoms with van der Waals surface area (Å²) in [7, 11) is 0. The number of nitrogens with one attached hydrogen (secondary N) is 1. The lowest BCUT2D eigenvalue weighted by molar-refractivity contribution is 0.186. The quantitative estimate of drug-likeness (QED) is 0.719. The molecule has 0 bridgehead atoms. The lowest BCUT2D eigenvalue weighted by atomic mass is 10.0. The zero-order chi connectivity index (χ0) is 10.7. The molecule has 2 aliphatic heterocycles. The highest BCUT2D eigenvalue weighted by Crippen LogP contribution is 2.17. The van der Waals surface area contributed by atoms with Crippen LogP contribution in [0.5, 0.6) is 0 Å². The Bertz CT molecular complexity index is 187. The first-order valence-electron chi connectivity index (χ1n) is 6.50. The SMILES string of the molecule is CCN(CC)C1CCN(CC2CNC2)C1. The molecule has 2 aliphatic rings. The third kappa shape index (κ3) is 2.71. The summed E-state index contributed by atoms with van der Waals surface area (Å²) in [6.45, 7) is 13.4. The van der Waals surface area contributed by atoms with Gasteiger partial charge in [0.25, 0.3) is 0 Å². The van der Waals surface area contributed by atoms with E-state index >= 15 is 0 Å². The molecule has 0 amide bonds. The van der Waals surface area contributed by atoms with Gasteiger partial charge in [-0.25, -0.2) is 0 Å². The molecule has 2 fully saturated rings. The van der Waals surface area contributed by atoms with Crippen LogP contribution in [0.25, 0.3) is 0 Å². The Morgan fingerprint density at radius 3 is 2.53 bits per heavy atom. The van der Waals surface area contributed by atoms with E-state index in [1.807, 2.05) is 0 Å². The monoisotopic (exact) mass is 211 g/mol. The summed E-state index contributed by atoms with van der Waals surface area (Å²) >= 11 is 0. The van der Waals surface area contributed by atoms with E-state index in [1.54, 1.807) is 0 Å². The van der Waals surface area contributed by atoms with Crippen LogP contribution in [0.1, 0.15) is 20.3 Å². The second-order valence-electron chi connectivity index (χ2n) is 4.95. The highest BCUT2D eigenvalue weighted by molar-refractivity contribution is 4.86. The largest absolute Gasteiger partial charge is 0.316 e. The van der Waals surface area contributed by atoms with Gasteiger partial charge in [-0.3, -0.25) is 4.90 Å². The van der Waals surface area contributed by atoms with E-state index in [0.717, 1.165) is 12.0 Å². The molecule has 1 atom stereocenters. The van der Waals surface area contributed by atoms with Crippen molar-refractivity contribution in [1.29, 1.82) is 0 Å². The Labute approximate surface area is 93.8 Å². The van der Waals surface area contributed by atoms with E-state index < -0.39 is 0 Å². The van der Waals surface area contributed by atoms with Crippen LogP contribution in [-0.4, -0.2) is 61.7 Å². The molecule has 3 nitrogen and oxygen atoms in total. The molecule has 0 aromatic carbocycles. The smallest absolute Gasteiger partial charge is 0.0235 e. The molecule has 1 unspecified atom stereocenters. The minimum atomic E-state index is 0.827. The van der Waals surface area contributed by atoms with Crippen LogP contribution in [0, 0.1) is 5.92 Å². The first-order valence-corrected chi connectivity index (χ1v) is 6.50. The van der Waals surface area contributed by atoms with Crippen LogP contribution in [-0.2, 0) is 0 Å². The predicted molar refractivity (Wildman–Crippen MR) is 64.1 cm³/mol. The highest BCUT2D eigenvalue weighted by Gasteiger charge is 2.28. The van der Waals surface area contributed by atoms with Gasteiger partial charge < -0.3 is 10.2 Å². The Hall–Kier alpha value is -0.120. The fraction of sp³-hybridized carbons (Fsp3) is 1.00. The van der Waals surface area contributed by atoms with Crippen molar-refractivity contribution in [2.45, 2.75) is 26.3 Å². The van der Waals surface area contributed by atoms with Crippen LogP contribution in [0.4, 0.5) is 0 Å². The Kier molecular flexibility index (Phi) is 4.00. The fourth-order valence-electron chi connectivity index (χ4n) is 2.86. The van der Waals surface area contributed by atoms with E-state index in [0.29, 0.717) is 0 Å². The maximum Gasteiger partial charge on any atom is 0.0235 e. The topological polar surface area (TPSA) is 18.5 Å². The highest BCUT2D eigenvalue weighted by atomic mass is 15.3. The van der Waals surface area contributed by atoms with Crippen molar-refractivity contribution in [3.05, 3.63) is 0 Å². The molecule has 2 rings (SSSR count). The normalized spacial score (nSPS) is 28.6. The van der Waals surface area contributed by atoms with Crippen LogP contribution in [0.2, 0.25) is 0 Å². The molecule has 3 heteroatoms. The van der Waals surface area contributed by atoms with Crippen LogP contribution >= 0.6 is 0 Å². The Morgan fingerprint density at radius 1 is 1.27 bits per heavy atom. The van der Waals surface area contributed by atoms with Crippen molar-refractivity contribution in [3.8, 4) is 0 Å². The first-order chi connectivity index (χ1) is 7.33. The Balaban J connectivity index is 1.72. The minimum Gasteiger partial charge on any atom is -0.316 e. The van der Waals surface area contributed by atoms with Gasteiger partial charge >= 0.3 is 0 Å². The molecule has 0 spiro atoms. The van der Waals surface area contributed by atoms with E-state index in [2.05, 4.69) is 29.0 Å². The lowest BCUT2D eigenvalue weighted by Crippen LogP contribution is -2.48. The van der Waals surface area contributed by atoms with Crippen molar-refractivity contribution < 1.29 is 0 Å². The summed E-state index contributed by atoms with van der Waals surface area (Å²) in [5.74, 6) is 0.931. The Morgan fingerprint density at radius 2 is 2.00 bits per heavy atom. The molecule has 0 aromatic rings. The minimum absolute atomic E-state index is 0.827. The van der Waals surface area contributed by atoms with Gasteiger partial charge in [-0.1, -0.05) is 13.8 Å². The van der Waals surface area contributed by atoms with Crippen LogP contribution in [0.15, 0.2) is 0 Å². The summed E-state index contributed by atoms with van der Waals surface area (Å²) in [5, 5.41) is 3.35. The summed E-state index contributed by atoms with van der Waals surface area (Å²) < 4.78 is 0. The predicted octanol–water partition coefficient (Wildman–Crippen LogP) is 0.622. The zero-order valence-electron chi connectivity index (χ0n) is 10.2. The summed E-state index contributed by atoms with van der Waals surface area (Å²) in [5.41, 5.74) is 0. The van der Waals surface area contributed by atoms with Crippen molar-refractivity contribution in [2.24, 2.45) is 5.92 Å². The summed E-state index contributed by atoms with van der Waals surface area (Å²) in [6, 6.07) is 0.827. The van der Waals surface area contributed by atoms with Crippen molar-refractivity contribution in [2.75, 3.05) is 45.8 Å². The maximum atomic E-state index is 3.35. The van der Waals surface area contributed by atoms with Crippen LogP contribution < -0.4 is 5.32 Å². The summed E-state index contributed by atoms with van der Waals surface area (Å²) in [4.78, 5) is 5.27. The average Bonchev–Trinajstić information content (AvgIpc) is 2.62.